The Balaban J connectivity index is -0.0000000368. The van der Waals surface area contributed by atoms with Gasteiger partial charge in [0, 0.05) is 7.05 Å². The van der Waals surface area contributed by atoms with Crippen molar-refractivity contribution in [3.05, 3.63) is 0 Å². The second-order valence-corrected chi connectivity index (χ2v) is 4.31. The standard InChI is InChI=1S/C4H10.C3H8N2O.C3H7NO.C3H8.C2H6.C2H2/c1-4(2)3;1-5-3(6)2-4;1-3(4)2-5;1-3-2;2*1-2/h4H,1-3H3;2,4H2,1H3,(H,5,6);2-3H,4H2,1H3;3H2,1-2H3;1-2H3;1-2H/t;;3-;;;/m..0.../s1. The van der Waals surface area contributed by atoms with E-state index in [-0.39, 0.29) is 18.5 Å². The first-order chi connectivity index (χ1) is 10.2. The van der Waals surface area contributed by atoms with Crippen LogP contribution in [-0.4, -0.2) is 31.8 Å². The van der Waals surface area contributed by atoms with E-state index in [1.807, 2.05) is 13.8 Å². The highest BCUT2D eigenvalue weighted by atomic mass is 16.1. The van der Waals surface area contributed by atoms with Crippen LogP contribution in [0.1, 0.15) is 61.8 Å². The van der Waals surface area contributed by atoms with E-state index in [2.05, 4.69) is 52.8 Å². The molecule has 5 nitrogen and oxygen atoms in total. The molecule has 5 heteroatoms. The molecule has 0 heterocycles. The van der Waals surface area contributed by atoms with Gasteiger partial charge in [0.2, 0.25) is 5.91 Å². The normalized spacial score (nSPS) is 8.09. The third kappa shape index (κ3) is 271. The Labute approximate surface area is 139 Å². The molecule has 0 aliphatic heterocycles. The second-order valence-electron chi connectivity index (χ2n) is 4.31. The summed E-state index contributed by atoms with van der Waals surface area (Å²) in [5.41, 5.74) is 9.79. The van der Waals surface area contributed by atoms with E-state index in [0.717, 1.165) is 5.92 Å². The van der Waals surface area contributed by atoms with Crippen LogP contribution in [0, 0.1) is 18.8 Å². The molecule has 0 radical (unpaired) electrons. The Bertz CT molecular complexity index is 183. The van der Waals surface area contributed by atoms with Crippen molar-refractivity contribution >= 4 is 12.2 Å². The van der Waals surface area contributed by atoms with Crippen LogP contribution in [0.2, 0.25) is 0 Å². The maximum atomic E-state index is 9.94. The SMILES string of the molecule is C#C.CC.CC(C)C.CCC.CNC(=O)CN.C[C@H](N)C=O. The van der Waals surface area contributed by atoms with Crippen molar-refractivity contribution in [3.63, 3.8) is 0 Å². The average Bonchev–Trinajstić information content (AvgIpc) is 2.51. The molecule has 0 aromatic carbocycles. The van der Waals surface area contributed by atoms with Crippen LogP contribution in [-0.2, 0) is 9.59 Å². The van der Waals surface area contributed by atoms with Crippen LogP contribution in [0.3, 0.4) is 0 Å². The summed E-state index contributed by atoms with van der Waals surface area (Å²) in [6.07, 6.45) is 9.94. The van der Waals surface area contributed by atoms with Crippen LogP contribution in [0.4, 0.5) is 0 Å². The third-order valence-corrected chi connectivity index (χ3v) is 0.679. The number of likely N-dealkylation sites (N-methyl/N-ethyl adjacent to an activating group) is 1. The Morgan fingerprint density at radius 2 is 1.32 bits per heavy atom. The molecule has 5 N–H and O–H groups in total. The van der Waals surface area contributed by atoms with Crippen molar-refractivity contribution in [2.24, 2.45) is 17.4 Å². The number of hydrogen-bond donors (Lipinski definition) is 3. The lowest BCUT2D eigenvalue weighted by atomic mass is 10.3. The molecule has 0 saturated carbocycles. The number of terminal acetylenes is 1. The number of hydrogen-bond acceptors (Lipinski definition) is 4. The summed E-state index contributed by atoms with van der Waals surface area (Å²) in [5, 5.41) is 2.35. The molecule has 1 amide bonds. The summed E-state index contributed by atoms with van der Waals surface area (Å²) >= 11 is 0. The molecule has 136 valence electrons. The lowest BCUT2D eigenvalue weighted by Gasteiger charge is -1.87. The first-order valence-corrected chi connectivity index (χ1v) is 7.68. The maximum absolute atomic E-state index is 9.94. The Morgan fingerprint density at radius 3 is 1.32 bits per heavy atom. The van der Waals surface area contributed by atoms with E-state index in [1.54, 1.807) is 14.0 Å². The molecule has 0 aliphatic carbocycles. The van der Waals surface area contributed by atoms with Crippen molar-refractivity contribution in [1.82, 2.24) is 5.32 Å². The van der Waals surface area contributed by atoms with Crippen LogP contribution in [0.25, 0.3) is 0 Å². The Hall–Kier alpha value is -1.38. The highest BCUT2D eigenvalue weighted by Crippen LogP contribution is 1.81. The molecule has 0 rings (SSSR count). The van der Waals surface area contributed by atoms with Crippen LogP contribution in [0.15, 0.2) is 0 Å². The van der Waals surface area contributed by atoms with Gasteiger partial charge in [0.1, 0.15) is 6.29 Å². The first kappa shape index (κ1) is 37.1. The van der Waals surface area contributed by atoms with E-state index < -0.39 is 0 Å². The second kappa shape index (κ2) is 50.4. The molecule has 0 aliphatic rings. The number of carbonyl (C=O) groups excluding carboxylic acids is 2. The molecule has 0 bridgehead atoms. The highest BCUT2D eigenvalue weighted by Gasteiger charge is 1.84. The minimum atomic E-state index is -0.296. The van der Waals surface area contributed by atoms with Crippen molar-refractivity contribution < 1.29 is 9.59 Å². The van der Waals surface area contributed by atoms with E-state index in [1.165, 1.54) is 6.42 Å². The zero-order valence-corrected chi connectivity index (χ0v) is 16.3. The first-order valence-electron chi connectivity index (χ1n) is 7.68. The van der Waals surface area contributed by atoms with Gasteiger partial charge < -0.3 is 21.6 Å². The van der Waals surface area contributed by atoms with E-state index in [0.29, 0.717) is 6.29 Å². The molecule has 0 saturated heterocycles. The number of amides is 1. The van der Waals surface area contributed by atoms with Gasteiger partial charge in [-0.2, -0.15) is 0 Å². The van der Waals surface area contributed by atoms with Crippen LogP contribution in [0.5, 0.6) is 0 Å². The summed E-state index contributed by atoms with van der Waals surface area (Å²) in [7, 11) is 1.55. The molecule has 0 unspecified atom stereocenters. The fourth-order valence-corrected chi connectivity index (χ4v) is 0.102. The minimum absolute atomic E-state index is 0.0799. The zero-order valence-electron chi connectivity index (χ0n) is 16.3. The molecular formula is C17H41N3O2. The molecule has 1 atom stereocenters. The van der Waals surface area contributed by atoms with Crippen molar-refractivity contribution in [3.8, 4) is 12.8 Å². The van der Waals surface area contributed by atoms with Gasteiger partial charge in [-0.25, -0.2) is 0 Å². The summed E-state index contributed by atoms with van der Waals surface area (Å²) in [4.78, 5) is 19.3. The summed E-state index contributed by atoms with van der Waals surface area (Å²) < 4.78 is 0. The lowest BCUT2D eigenvalue weighted by Crippen LogP contribution is -2.26. The van der Waals surface area contributed by atoms with Gasteiger partial charge in [0.25, 0.3) is 0 Å². The van der Waals surface area contributed by atoms with Gasteiger partial charge in [-0.15, -0.1) is 12.8 Å². The average molecular weight is 320 g/mol. The monoisotopic (exact) mass is 319 g/mol. The molecule has 22 heavy (non-hydrogen) atoms. The van der Waals surface area contributed by atoms with Crippen LogP contribution >= 0.6 is 0 Å². The summed E-state index contributed by atoms with van der Waals surface area (Å²) in [6.45, 7) is 16.5. The number of nitrogens with two attached hydrogens (primary N) is 2. The summed E-state index contributed by atoms with van der Waals surface area (Å²) in [6, 6.07) is -0.296. The zero-order chi connectivity index (χ0) is 19.6. The quantitative estimate of drug-likeness (QED) is 0.538. The number of aldehydes is 1. The third-order valence-electron chi connectivity index (χ3n) is 0.679. The molecule has 0 aromatic rings. The molecule has 0 fully saturated rings. The minimum Gasteiger partial charge on any atom is -0.358 e. The van der Waals surface area contributed by atoms with E-state index in [9.17, 15) is 9.59 Å². The molecular weight excluding hydrogens is 278 g/mol. The van der Waals surface area contributed by atoms with Gasteiger partial charge >= 0.3 is 0 Å². The number of nitrogens with one attached hydrogen (secondary N) is 1. The Morgan fingerprint density at radius 1 is 1.14 bits per heavy atom. The van der Waals surface area contributed by atoms with Crippen molar-refractivity contribution in [1.29, 1.82) is 0 Å². The van der Waals surface area contributed by atoms with Gasteiger partial charge in [0.15, 0.2) is 0 Å². The molecule has 0 spiro atoms. The maximum Gasteiger partial charge on any atom is 0.233 e. The largest absolute Gasteiger partial charge is 0.358 e. The topological polar surface area (TPSA) is 98.2 Å². The van der Waals surface area contributed by atoms with Gasteiger partial charge in [-0.1, -0.05) is 54.9 Å². The Kier molecular flexibility index (Phi) is 85.0. The van der Waals surface area contributed by atoms with Crippen molar-refractivity contribution in [2.75, 3.05) is 13.6 Å². The van der Waals surface area contributed by atoms with Gasteiger partial charge in [-0.05, 0) is 12.8 Å². The fourth-order valence-electron chi connectivity index (χ4n) is 0.102. The smallest absolute Gasteiger partial charge is 0.233 e. The van der Waals surface area contributed by atoms with Gasteiger partial charge in [-0.3, -0.25) is 4.79 Å². The van der Waals surface area contributed by atoms with Crippen LogP contribution < -0.4 is 16.8 Å². The number of rotatable bonds is 2. The predicted molar refractivity (Wildman–Crippen MR) is 101 cm³/mol. The summed E-state index contributed by atoms with van der Waals surface area (Å²) in [5.74, 6) is 0.704. The van der Waals surface area contributed by atoms with Crippen molar-refractivity contribution in [2.45, 2.75) is 67.9 Å². The van der Waals surface area contributed by atoms with Gasteiger partial charge in [0.05, 0.1) is 12.6 Å². The highest BCUT2D eigenvalue weighted by molar-refractivity contribution is 5.77. The number of carbonyl (C=O) groups is 2. The molecule has 0 aromatic heterocycles. The fraction of sp³-hybridized carbons (Fsp3) is 0.765. The predicted octanol–water partition coefficient (Wildman–Crippen LogP) is 2.58. The van der Waals surface area contributed by atoms with E-state index in [4.69, 9.17) is 11.5 Å². The van der Waals surface area contributed by atoms with E-state index >= 15 is 0 Å². The lowest BCUT2D eigenvalue weighted by molar-refractivity contribution is -0.119.